The summed E-state index contributed by atoms with van der Waals surface area (Å²) in [7, 11) is 0. The average molecular weight is 220 g/mol. The SMILES string of the molecule is CC(=O)c1cccn1Cc1csc(C)n1. The molecule has 3 nitrogen and oxygen atoms in total. The first kappa shape index (κ1) is 10.1. The highest BCUT2D eigenvalue weighted by molar-refractivity contribution is 7.09. The zero-order valence-electron chi connectivity index (χ0n) is 8.73. The van der Waals surface area contributed by atoms with Crippen molar-refractivity contribution in [1.82, 2.24) is 9.55 Å². The van der Waals surface area contributed by atoms with E-state index in [1.807, 2.05) is 35.2 Å². The molecule has 0 bridgehead atoms. The Balaban J connectivity index is 2.24. The van der Waals surface area contributed by atoms with Crippen molar-refractivity contribution in [2.45, 2.75) is 20.4 Å². The van der Waals surface area contributed by atoms with Crippen LogP contribution in [0.5, 0.6) is 0 Å². The third-order valence-electron chi connectivity index (χ3n) is 2.19. The van der Waals surface area contributed by atoms with Gasteiger partial charge in [-0.15, -0.1) is 11.3 Å². The minimum Gasteiger partial charge on any atom is -0.339 e. The molecular formula is C11H12N2OS. The quantitative estimate of drug-likeness (QED) is 0.745. The van der Waals surface area contributed by atoms with Gasteiger partial charge in [0.05, 0.1) is 22.9 Å². The Hall–Kier alpha value is -1.42. The van der Waals surface area contributed by atoms with Crippen LogP contribution in [0.2, 0.25) is 0 Å². The minimum atomic E-state index is 0.0898. The smallest absolute Gasteiger partial charge is 0.176 e. The van der Waals surface area contributed by atoms with E-state index in [1.54, 1.807) is 18.3 Å². The molecule has 0 radical (unpaired) electrons. The van der Waals surface area contributed by atoms with Crippen LogP contribution in [0.1, 0.15) is 28.1 Å². The van der Waals surface area contributed by atoms with E-state index in [9.17, 15) is 4.79 Å². The number of nitrogens with zero attached hydrogens (tertiary/aromatic N) is 2. The second-order valence-electron chi connectivity index (χ2n) is 3.44. The number of ketones is 1. The minimum absolute atomic E-state index is 0.0898. The maximum Gasteiger partial charge on any atom is 0.176 e. The number of aromatic nitrogens is 2. The molecule has 0 saturated heterocycles. The van der Waals surface area contributed by atoms with Gasteiger partial charge in [-0.25, -0.2) is 4.98 Å². The molecule has 0 N–H and O–H groups in total. The van der Waals surface area contributed by atoms with Crippen LogP contribution in [0.4, 0.5) is 0 Å². The fraction of sp³-hybridized carbons (Fsp3) is 0.273. The molecule has 2 heterocycles. The van der Waals surface area contributed by atoms with Crippen molar-refractivity contribution in [3.63, 3.8) is 0 Å². The predicted octanol–water partition coefficient (Wildman–Crippen LogP) is 2.50. The molecule has 0 saturated carbocycles. The van der Waals surface area contributed by atoms with E-state index in [-0.39, 0.29) is 5.78 Å². The molecule has 15 heavy (non-hydrogen) atoms. The Labute approximate surface area is 92.4 Å². The van der Waals surface area contributed by atoms with Gasteiger partial charge in [-0.3, -0.25) is 4.79 Å². The summed E-state index contributed by atoms with van der Waals surface area (Å²) >= 11 is 1.63. The summed E-state index contributed by atoms with van der Waals surface area (Å²) in [5.41, 5.74) is 1.75. The van der Waals surface area contributed by atoms with E-state index in [2.05, 4.69) is 4.98 Å². The number of hydrogen-bond acceptors (Lipinski definition) is 3. The van der Waals surface area contributed by atoms with Gasteiger partial charge in [0.2, 0.25) is 0 Å². The molecule has 0 aliphatic carbocycles. The highest BCUT2D eigenvalue weighted by atomic mass is 32.1. The van der Waals surface area contributed by atoms with Gasteiger partial charge < -0.3 is 4.57 Å². The summed E-state index contributed by atoms with van der Waals surface area (Å²) in [4.78, 5) is 15.7. The maximum atomic E-state index is 11.3. The molecule has 0 amide bonds. The Morgan fingerprint density at radius 1 is 1.60 bits per heavy atom. The van der Waals surface area contributed by atoms with Crippen molar-refractivity contribution in [2.24, 2.45) is 0 Å². The van der Waals surface area contributed by atoms with Crippen LogP contribution >= 0.6 is 11.3 Å². The van der Waals surface area contributed by atoms with E-state index in [0.29, 0.717) is 6.54 Å². The van der Waals surface area contributed by atoms with Crippen LogP contribution in [0, 0.1) is 6.92 Å². The normalized spacial score (nSPS) is 10.5. The van der Waals surface area contributed by atoms with Crippen molar-refractivity contribution in [2.75, 3.05) is 0 Å². The summed E-state index contributed by atoms with van der Waals surface area (Å²) < 4.78 is 1.93. The summed E-state index contributed by atoms with van der Waals surface area (Å²) in [6.45, 7) is 4.24. The lowest BCUT2D eigenvalue weighted by Crippen LogP contribution is -2.06. The van der Waals surface area contributed by atoms with Gasteiger partial charge in [0, 0.05) is 18.5 Å². The number of hydrogen-bond donors (Lipinski definition) is 0. The Morgan fingerprint density at radius 3 is 3.00 bits per heavy atom. The third-order valence-corrected chi connectivity index (χ3v) is 3.01. The molecule has 4 heteroatoms. The highest BCUT2D eigenvalue weighted by Crippen LogP contribution is 2.11. The Kier molecular flexibility index (Phi) is 2.68. The van der Waals surface area contributed by atoms with Gasteiger partial charge in [-0.2, -0.15) is 0 Å². The van der Waals surface area contributed by atoms with Gasteiger partial charge in [0.25, 0.3) is 0 Å². The first-order chi connectivity index (χ1) is 7.16. The van der Waals surface area contributed by atoms with Gasteiger partial charge in [0.15, 0.2) is 5.78 Å². The average Bonchev–Trinajstić information content (AvgIpc) is 2.75. The molecule has 0 aliphatic heterocycles. The zero-order valence-corrected chi connectivity index (χ0v) is 9.54. The first-order valence-electron chi connectivity index (χ1n) is 4.74. The third kappa shape index (κ3) is 2.15. The molecule has 0 fully saturated rings. The zero-order chi connectivity index (χ0) is 10.8. The monoisotopic (exact) mass is 220 g/mol. The molecule has 0 unspecified atom stereocenters. The van der Waals surface area contributed by atoms with Crippen molar-refractivity contribution >= 4 is 17.1 Å². The van der Waals surface area contributed by atoms with Gasteiger partial charge in [-0.1, -0.05) is 0 Å². The molecule has 0 atom stereocenters. The Bertz CT molecular complexity index is 484. The van der Waals surface area contributed by atoms with Crippen molar-refractivity contribution in [3.8, 4) is 0 Å². The summed E-state index contributed by atoms with van der Waals surface area (Å²) in [6, 6.07) is 3.72. The standard InChI is InChI=1S/C11H12N2OS/c1-8(14)11-4-3-5-13(11)6-10-7-15-9(2)12-10/h3-5,7H,6H2,1-2H3. The Morgan fingerprint density at radius 2 is 2.40 bits per heavy atom. The summed E-state index contributed by atoms with van der Waals surface area (Å²) in [6.07, 6.45) is 1.91. The van der Waals surface area contributed by atoms with Crippen LogP contribution in [0.3, 0.4) is 0 Å². The van der Waals surface area contributed by atoms with E-state index >= 15 is 0 Å². The summed E-state index contributed by atoms with van der Waals surface area (Å²) in [5.74, 6) is 0.0898. The second kappa shape index (κ2) is 3.98. The molecular weight excluding hydrogens is 208 g/mol. The largest absolute Gasteiger partial charge is 0.339 e. The predicted molar refractivity (Wildman–Crippen MR) is 60.4 cm³/mol. The summed E-state index contributed by atoms with van der Waals surface area (Å²) in [5, 5.41) is 3.08. The fourth-order valence-electron chi connectivity index (χ4n) is 1.53. The lowest BCUT2D eigenvalue weighted by atomic mass is 10.3. The van der Waals surface area contributed by atoms with Gasteiger partial charge in [-0.05, 0) is 19.1 Å². The lowest BCUT2D eigenvalue weighted by Gasteiger charge is -2.03. The van der Waals surface area contributed by atoms with E-state index < -0.39 is 0 Å². The molecule has 78 valence electrons. The number of carbonyl (C=O) groups excluding carboxylic acids is 1. The number of rotatable bonds is 3. The number of carbonyl (C=O) groups is 1. The fourth-order valence-corrected chi connectivity index (χ4v) is 2.13. The highest BCUT2D eigenvalue weighted by Gasteiger charge is 2.07. The van der Waals surface area contributed by atoms with Gasteiger partial charge >= 0.3 is 0 Å². The second-order valence-corrected chi connectivity index (χ2v) is 4.50. The molecule has 0 aliphatic rings. The van der Waals surface area contributed by atoms with E-state index in [1.165, 1.54) is 0 Å². The van der Waals surface area contributed by atoms with Crippen molar-refractivity contribution in [3.05, 3.63) is 40.1 Å². The van der Waals surface area contributed by atoms with Crippen LogP contribution in [0.15, 0.2) is 23.7 Å². The lowest BCUT2D eigenvalue weighted by molar-refractivity contribution is 0.100. The van der Waals surface area contributed by atoms with Crippen LogP contribution in [-0.4, -0.2) is 15.3 Å². The van der Waals surface area contributed by atoms with Gasteiger partial charge in [0.1, 0.15) is 0 Å². The molecule has 2 rings (SSSR count). The number of thiazole rings is 1. The van der Waals surface area contributed by atoms with E-state index in [4.69, 9.17) is 0 Å². The van der Waals surface area contributed by atoms with Crippen LogP contribution < -0.4 is 0 Å². The number of aryl methyl sites for hydroxylation is 1. The van der Waals surface area contributed by atoms with Crippen molar-refractivity contribution in [1.29, 1.82) is 0 Å². The molecule has 0 aromatic carbocycles. The van der Waals surface area contributed by atoms with Crippen LogP contribution in [0.25, 0.3) is 0 Å². The van der Waals surface area contributed by atoms with Crippen LogP contribution in [-0.2, 0) is 6.54 Å². The first-order valence-corrected chi connectivity index (χ1v) is 5.62. The van der Waals surface area contributed by atoms with E-state index in [0.717, 1.165) is 16.4 Å². The molecule has 0 spiro atoms. The van der Waals surface area contributed by atoms with Crippen molar-refractivity contribution < 1.29 is 4.79 Å². The topological polar surface area (TPSA) is 34.9 Å². The number of Topliss-reactive ketones (excluding diaryl/α,β-unsaturated/α-hetero) is 1. The molecule has 2 aromatic heterocycles. The maximum absolute atomic E-state index is 11.3. The molecule has 2 aromatic rings.